The van der Waals surface area contributed by atoms with Crippen LogP contribution >= 0.6 is 0 Å². The van der Waals surface area contributed by atoms with Gasteiger partial charge in [-0.2, -0.15) is 0 Å². The van der Waals surface area contributed by atoms with Crippen molar-refractivity contribution in [3.8, 4) is 0 Å². The van der Waals surface area contributed by atoms with Crippen LogP contribution in [0.3, 0.4) is 0 Å². The van der Waals surface area contributed by atoms with E-state index in [0.717, 1.165) is 25.7 Å². The number of carboxylic acids is 1. The highest BCUT2D eigenvalue weighted by atomic mass is 16.4. The van der Waals surface area contributed by atoms with Crippen molar-refractivity contribution in [2.24, 2.45) is 0 Å². The van der Waals surface area contributed by atoms with Crippen LogP contribution in [-0.2, 0) is 4.79 Å². The van der Waals surface area contributed by atoms with Crippen molar-refractivity contribution in [2.75, 3.05) is 0 Å². The number of hydrogen-bond donors (Lipinski definition) is 1. The van der Waals surface area contributed by atoms with E-state index in [4.69, 9.17) is 5.11 Å². The summed E-state index contributed by atoms with van der Waals surface area (Å²) >= 11 is 0. The molecule has 0 aliphatic heterocycles. The number of carboxylic acid groups (broad SMARTS) is 1. The zero-order valence-corrected chi connectivity index (χ0v) is 22.8. The Balaban J connectivity index is 4.67. The first-order valence-electron chi connectivity index (χ1n) is 12.8. The predicted molar refractivity (Wildman–Crippen MR) is 142 cm³/mol. The first kappa shape index (κ1) is 30.4. The molecule has 1 N–H and O–H groups in total. The van der Waals surface area contributed by atoms with E-state index in [1.807, 2.05) is 0 Å². The lowest BCUT2D eigenvalue weighted by Gasteiger charge is -2.13. The van der Waals surface area contributed by atoms with Gasteiger partial charge in [0.25, 0.3) is 0 Å². The Bertz CT molecular complexity index is 713. The molecule has 0 heterocycles. The minimum Gasteiger partial charge on any atom is -0.481 e. The van der Waals surface area contributed by atoms with Crippen molar-refractivity contribution < 1.29 is 9.90 Å². The van der Waals surface area contributed by atoms with Crippen molar-refractivity contribution in [2.45, 2.75) is 139 Å². The first-order valence-corrected chi connectivity index (χ1v) is 12.8. The second kappa shape index (κ2) is 17.0. The van der Waals surface area contributed by atoms with E-state index in [1.165, 1.54) is 60.8 Å². The van der Waals surface area contributed by atoms with Crippen LogP contribution in [0.1, 0.15) is 139 Å². The molecule has 0 radical (unpaired) electrons. The Kier molecular flexibility index (Phi) is 16.1. The summed E-state index contributed by atoms with van der Waals surface area (Å²) in [7, 11) is 0. The minimum atomic E-state index is -0.712. The fourth-order valence-corrected chi connectivity index (χ4v) is 3.77. The fraction of sp³-hybridized carbons (Fsp3) is 0.700. The third-order valence-electron chi connectivity index (χ3n) is 7.41. The molecule has 2 heteroatoms. The summed E-state index contributed by atoms with van der Waals surface area (Å²) in [4.78, 5) is 10.8. The van der Waals surface area contributed by atoms with Gasteiger partial charge in [0.1, 0.15) is 0 Å². The van der Waals surface area contributed by atoms with E-state index in [2.05, 4.69) is 62.3 Å². The number of hydrogen-bond acceptors (Lipinski definition) is 1. The Morgan fingerprint density at radius 3 is 0.938 bits per heavy atom. The molecule has 0 unspecified atom stereocenters. The highest BCUT2D eigenvalue weighted by Gasteiger charge is 2.06. The van der Waals surface area contributed by atoms with Gasteiger partial charge in [-0.25, -0.2) is 0 Å². The summed E-state index contributed by atoms with van der Waals surface area (Å²) in [6.45, 7) is 20.3. The Morgan fingerprint density at radius 2 is 0.688 bits per heavy atom. The second-order valence-electron chi connectivity index (χ2n) is 10.1. The van der Waals surface area contributed by atoms with Crippen molar-refractivity contribution in [1.82, 2.24) is 0 Å². The summed E-state index contributed by atoms with van der Waals surface area (Å²) < 4.78 is 0. The second-order valence-corrected chi connectivity index (χ2v) is 10.1. The molecule has 2 nitrogen and oxygen atoms in total. The van der Waals surface area contributed by atoms with Gasteiger partial charge in [-0.05, 0) is 113 Å². The first-order chi connectivity index (χ1) is 15.0. The van der Waals surface area contributed by atoms with Gasteiger partial charge in [-0.3, -0.25) is 4.79 Å². The Labute approximate surface area is 200 Å². The molecule has 0 aromatic carbocycles. The average Bonchev–Trinajstić information content (AvgIpc) is 2.76. The molecule has 0 amide bonds. The van der Waals surface area contributed by atoms with Gasteiger partial charge in [-0.1, -0.05) is 64.4 Å². The maximum absolute atomic E-state index is 10.8. The molecular weight excluding hydrogens is 392 g/mol. The summed E-state index contributed by atoms with van der Waals surface area (Å²) in [5, 5.41) is 8.87. The van der Waals surface area contributed by atoms with Crippen LogP contribution in [0, 0.1) is 0 Å². The fourth-order valence-electron chi connectivity index (χ4n) is 3.77. The van der Waals surface area contributed by atoms with Crippen LogP contribution in [0.25, 0.3) is 0 Å². The van der Waals surface area contributed by atoms with Crippen molar-refractivity contribution in [3.05, 3.63) is 44.6 Å². The zero-order valence-electron chi connectivity index (χ0n) is 22.8. The summed E-state index contributed by atoms with van der Waals surface area (Å²) in [5.41, 5.74) is 11.9. The van der Waals surface area contributed by atoms with Crippen molar-refractivity contribution in [1.29, 1.82) is 0 Å². The molecule has 0 aliphatic carbocycles. The van der Waals surface area contributed by atoms with Gasteiger partial charge in [0.2, 0.25) is 0 Å². The lowest BCUT2D eigenvalue weighted by atomic mass is 9.93. The molecule has 0 spiro atoms. The largest absolute Gasteiger partial charge is 0.481 e. The van der Waals surface area contributed by atoms with Gasteiger partial charge in [-0.15, -0.1) is 0 Å². The van der Waals surface area contributed by atoms with E-state index >= 15 is 0 Å². The third kappa shape index (κ3) is 13.8. The molecule has 0 aromatic heterocycles. The third-order valence-corrected chi connectivity index (χ3v) is 7.41. The van der Waals surface area contributed by atoms with Gasteiger partial charge in [0.05, 0.1) is 0 Å². The van der Waals surface area contributed by atoms with E-state index < -0.39 is 5.97 Å². The number of aliphatic carboxylic acids is 1. The van der Waals surface area contributed by atoms with Crippen LogP contribution in [0.5, 0.6) is 0 Å². The van der Waals surface area contributed by atoms with Crippen molar-refractivity contribution >= 4 is 5.97 Å². The van der Waals surface area contributed by atoms with Crippen molar-refractivity contribution in [3.63, 3.8) is 0 Å². The van der Waals surface area contributed by atoms with E-state index in [9.17, 15) is 4.79 Å². The molecule has 0 bridgehead atoms. The molecule has 0 aromatic rings. The lowest BCUT2D eigenvalue weighted by Crippen LogP contribution is -1.96. The maximum Gasteiger partial charge on any atom is 0.303 e. The van der Waals surface area contributed by atoms with Gasteiger partial charge in [0.15, 0.2) is 0 Å². The Morgan fingerprint density at radius 1 is 0.438 bits per heavy atom. The molecule has 0 fully saturated rings. The minimum absolute atomic E-state index is 0.232. The smallest absolute Gasteiger partial charge is 0.303 e. The van der Waals surface area contributed by atoms with Crippen LogP contribution in [0.4, 0.5) is 0 Å². The molecular formula is C30H52O2. The Hall–Kier alpha value is -1.57. The number of carbonyl (C=O) groups is 1. The SMILES string of the molecule is CCCCCC(C)=C(C)CCC(C)=C(C)CCC(C)=C(C)CCC(C)=C(C)CCC(=O)O. The number of allylic oxidation sites excluding steroid dienone is 8. The lowest BCUT2D eigenvalue weighted by molar-refractivity contribution is -0.136. The molecule has 0 rings (SSSR count). The average molecular weight is 445 g/mol. The van der Waals surface area contributed by atoms with Crippen LogP contribution in [-0.4, -0.2) is 11.1 Å². The normalized spacial score (nSPS) is 15.0. The zero-order chi connectivity index (χ0) is 24.7. The molecule has 0 saturated carbocycles. The molecule has 184 valence electrons. The molecule has 0 saturated heterocycles. The molecule has 0 aliphatic rings. The molecule has 0 atom stereocenters. The van der Waals surface area contributed by atoms with E-state index in [0.29, 0.717) is 6.42 Å². The summed E-state index contributed by atoms with van der Waals surface area (Å²) in [5.74, 6) is -0.712. The van der Waals surface area contributed by atoms with Gasteiger partial charge in [0, 0.05) is 6.42 Å². The van der Waals surface area contributed by atoms with Crippen LogP contribution in [0.15, 0.2) is 44.6 Å². The highest BCUT2D eigenvalue weighted by molar-refractivity contribution is 5.67. The highest BCUT2D eigenvalue weighted by Crippen LogP contribution is 2.25. The topological polar surface area (TPSA) is 37.3 Å². The number of unbranched alkanes of at least 4 members (excludes halogenated alkanes) is 2. The van der Waals surface area contributed by atoms with Crippen LogP contribution in [0.2, 0.25) is 0 Å². The molecule has 32 heavy (non-hydrogen) atoms. The monoisotopic (exact) mass is 444 g/mol. The van der Waals surface area contributed by atoms with Gasteiger partial charge < -0.3 is 5.11 Å². The van der Waals surface area contributed by atoms with E-state index in [1.54, 1.807) is 22.3 Å². The predicted octanol–water partition coefficient (Wildman–Crippen LogP) is 10.1. The quantitative estimate of drug-likeness (QED) is 0.190. The number of rotatable bonds is 16. The van der Waals surface area contributed by atoms with Crippen LogP contribution < -0.4 is 0 Å². The summed E-state index contributed by atoms with van der Waals surface area (Å²) in [6, 6.07) is 0. The van der Waals surface area contributed by atoms with Gasteiger partial charge >= 0.3 is 5.97 Å². The standard InChI is InChI=1S/C30H52O2/c1-10-11-12-13-22(2)23(3)14-15-24(4)25(5)16-17-26(6)27(7)18-19-28(8)29(9)20-21-30(31)32/h10-21H2,1-9H3,(H,31,32). The summed E-state index contributed by atoms with van der Waals surface area (Å²) in [6.07, 6.45) is 12.9. The maximum atomic E-state index is 10.8. The van der Waals surface area contributed by atoms with E-state index in [-0.39, 0.29) is 6.42 Å².